The van der Waals surface area contributed by atoms with Gasteiger partial charge in [-0.1, -0.05) is 40.6 Å². The quantitative estimate of drug-likeness (QED) is 0.448. The zero-order valence-corrected chi connectivity index (χ0v) is 16.2. The highest BCUT2D eigenvalue weighted by atomic mass is 16.5. The van der Waals surface area contributed by atoms with Gasteiger partial charge in [-0.25, -0.2) is 4.79 Å². The molecule has 0 amide bonds. The number of esters is 1. The van der Waals surface area contributed by atoms with Crippen LogP contribution in [0, 0.1) is 0 Å². The van der Waals surface area contributed by atoms with Crippen molar-refractivity contribution in [1.29, 1.82) is 0 Å². The van der Waals surface area contributed by atoms with Gasteiger partial charge in [-0.05, 0) is 30.7 Å². The highest BCUT2D eigenvalue weighted by molar-refractivity contribution is 5.88. The summed E-state index contributed by atoms with van der Waals surface area (Å²) in [7, 11) is 0. The number of nitrogens with zero attached hydrogens (tertiary/aromatic N) is 2. The fraction of sp³-hybridized carbons (Fsp3) is 0.174. The number of ether oxygens (including phenoxy) is 2. The molecular weight excluding hydrogens is 384 g/mol. The van der Waals surface area contributed by atoms with Gasteiger partial charge >= 0.3 is 5.97 Å². The van der Waals surface area contributed by atoms with Gasteiger partial charge in [-0.3, -0.25) is 0 Å². The van der Waals surface area contributed by atoms with Crippen LogP contribution in [0.3, 0.4) is 0 Å². The summed E-state index contributed by atoms with van der Waals surface area (Å²) >= 11 is 0. The largest absolute Gasteiger partial charge is 0.490 e. The maximum Gasteiger partial charge on any atom is 0.360 e. The summed E-state index contributed by atoms with van der Waals surface area (Å²) in [5.74, 6) is 1.42. The molecule has 0 aliphatic carbocycles. The maximum absolute atomic E-state index is 12.3. The molecule has 1 atom stereocenters. The van der Waals surface area contributed by atoms with Gasteiger partial charge in [0, 0.05) is 29.7 Å². The molecule has 0 radical (unpaired) electrons. The topological polar surface area (TPSA) is 87.6 Å². The molecule has 5 rings (SSSR count). The summed E-state index contributed by atoms with van der Waals surface area (Å²) < 4.78 is 21.7. The average Bonchev–Trinajstić information content (AvgIpc) is 3.50. The number of hydrogen-bond acceptors (Lipinski definition) is 7. The molecule has 1 unspecified atom stereocenters. The molecule has 150 valence electrons. The van der Waals surface area contributed by atoms with E-state index in [1.807, 2.05) is 55.5 Å². The molecule has 1 aliphatic rings. The van der Waals surface area contributed by atoms with E-state index in [0.717, 1.165) is 28.9 Å². The zero-order valence-electron chi connectivity index (χ0n) is 16.2. The van der Waals surface area contributed by atoms with Crippen LogP contribution in [0.1, 0.15) is 28.7 Å². The molecule has 2 aromatic carbocycles. The van der Waals surface area contributed by atoms with Crippen molar-refractivity contribution in [1.82, 2.24) is 10.3 Å². The lowest BCUT2D eigenvalue weighted by Gasteiger charge is -2.02. The summed E-state index contributed by atoms with van der Waals surface area (Å²) in [6, 6.07) is 18.6. The van der Waals surface area contributed by atoms with Crippen LogP contribution in [0.15, 0.2) is 69.7 Å². The van der Waals surface area contributed by atoms with Crippen molar-refractivity contribution in [2.75, 3.05) is 0 Å². The Labute approximate surface area is 172 Å². The molecule has 0 saturated carbocycles. The van der Waals surface area contributed by atoms with Crippen molar-refractivity contribution < 1.29 is 23.3 Å². The number of fused-ring (bicyclic) bond motifs is 1. The number of benzene rings is 2. The molecular formula is C23H18N2O5. The van der Waals surface area contributed by atoms with E-state index in [-0.39, 0.29) is 18.4 Å². The van der Waals surface area contributed by atoms with Gasteiger partial charge in [0.1, 0.15) is 24.2 Å². The van der Waals surface area contributed by atoms with Crippen LogP contribution in [0.5, 0.6) is 5.75 Å². The summed E-state index contributed by atoms with van der Waals surface area (Å²) in [5, 5.41) is 7.78. The van der Waals surface area contributed by atoms with Gasteiger partial charge in [0.25, 0.3) is 0 Å². The molecule has 0 fully saturated rings. The van der Waals surface area contributed by atoms with Crippen LogP contribution >= 0.6 is 0 Å². The van der Waals surface area contributed by atoms with Crippen LogP contribution in [0.4, 0.5) is 0 Å². The molecule has 2 aromatic heterocycles. The Hall–Kier alpha value is -3.87. The van der Waals surface area contributed by atoms with Gasteiger partial charge in [-0.2, -0.15) is 0 Å². The highest BCUT2D eigenvalue weighted by Crippen LogP contribution is 2.33. The molecule has 7 nitrogen and oxygen atoms in total. The van der Waals surface area contributed by atoms with Gasteiger partial charge in [0.05, 0.1) is 0 Å². The van der Waals surface area contributed by atoms with E-state index < -0.39 is 5.97 Å². The van der Waals surface area contributed by atoms with E-state index in [1.54, 1.807) is 12.1 Å². The molecule has 0 bridgehead atoms. The first-order chi connectivity index (χ1) is 14.7. The number of aromatic nitrogens is 2. The predicted octanol–water partition coefficient (Wildman–Crippen LogP) is 4.68. The van der Waals surface area contributed by atoms with Crippen LogP contribution in [-0.4, -0.2) is 22.4 Å². The van der Waals surface area contributed by atoms with Gasteiger partial charge < -0.3 is 18.5 Å². The third-order valence-electron chi connectivity index (χ3n) is 4.87. The van der Waals surface area contributed by atoms with Crippen LogP contribution in [0.25, 0.3) is 22.6 Å². The molecule has 0 N–H and O–H groups in total. The summed E-state index contributed by atoms with van der Waals surface area (Å²) in [6.07, 6.45) is 1.05. The second-order valence-electron chi connectivity index (χ2n) is 7.16. The lowest BCUT2D eigenvalue weighted by molar-refractivity contribution is 0.0452. The Morgan fingerprint density at radius 2 is 1.80 bits per heavy atom. The van der Waals surface area contributed by atoms with Crippen molar-refractivity contribution >= 4 is 5.97 Å². The summed E-state index contributed by atoms with van der Waals surface area (Å²) in [6.45, 7) is 2.01. The van der Waals surface area contributed by atoms with Gasteiger partial charge in [0.2, 0.25) is 0 Å². The molecule has 7 heteroatoms. The van der Waals surface area contributed by atoms with E-state index in [2.05, 4.69) is 10.3 Å². The summed E-state index contributed by atoms with van der Waals surface area (Å²) in [4.78, 5) is 12.3. The number of carbonyl (C=O) groups is 1. The van der Waals surface area contributed by atoms with Crippen molar-refractivity contribution in [2.45, 2.75) is 26.1 Å². The highest BCUT2D eigenvalue weighted by Gasteiger charge is 2.20. The van der Waals surface area contributed by atoms with E-state index in [1.165, 1.54) is 0 Å². The Bertz CT molecular complexity index is 1200. The van der Waals surface area contributed by atoms with Gasteiger partial charge in [-0.15, -0.1) is 0 Å². The van der Waals surface area contributed by atoms with Gasteiger partial charge in [0.15, 0.2) is 17.2 Å². The van der Waals surface area contributed by atoms with E-state index >= 15 is 0 Å². The Balaban J connectivity index is 1.24. The number of rotatable bonds is 5. The molecule has 3 heterocycles. The monoisotopic (exact) mass is 402 g/mol. The minimum absolute atomic E-state index is 0.0268. The van der Waals surface area contributed by atoms with Crippen molar-refractivity contribution in [3.63, 3.8) is 0 Å². The average molecular weight is 402 g/mol. The Kier molecular flexibility index (Phi) is 4.55. The first kappa shape index (κ1) is 18.2. The first-order valence-electron chi connectivity index (χ1n) is 9.60. The van der Waals surface area contributed by atoms with E-state index in [0.29, 0.717) is 17.2 Å². The third kappa shape index (κ3) is 3.57. The van der Waals surface area contributed by atoms with E-state index in [4.69, 9.17) is 18.5 Å². The molecule has 0 saturated heterocycles. The van der Waals surface area contributed by atoms with Crippen molar-refractivity contribution in [2.24, 2.45) is 0 Å². The molecule has 30 heavy (non-hydrogen) atoms. The zero-order chi connectivity index (χ0) is 20.5. The fourth-order valence-electron chi connectivity index (χ4n) is 3.41. The Morgan fingerprint density at radius 3 is 2.67 bits per heavy atom. The van der Waals surface area contributed by atoms with Crippen LogP contribution < -0.4 is 4.74 Å². The fourth-order valence-corrected chi connectivity index (χ4v) is 3.41. The molecule has 4 aromatic rings. The minimum atomic E-state index is -0.589. The smallest absolute Gasteiger partial charge is 0.360 e. The maximum atomic E-state index is 12.3. The molecule has 0 spiro atoms. The number of carbonyl (C=O) groups excluding carboxylic acids is 1. The minimum Gasteiger partial charge on any atom is -0.490 e. The predicted molar refractivity (Wildman–Crippen MR) is 107 cm³/mol. The van der Waals surface area contributed by atoms with E-state index in [9.17, 15) is 4.79 Å². The standard InChI is InChI=1S/C23H18N2O5/c1-14-9-17-10-16(7-8-20(17)28-14)21-11-18(24-29-21)13-27-23(26)19-12-22(30-25-19)15-5-3-2-4-6-15/h2-8,10-12,14H,9,13H2,1H3. The van der Waals surface area contributed by atoms with Crippen molar-refractivity contribution in [3.8, 4) is 28.4 Å². The second kappa shape index (κ2) is 7.51. The van der Waals surface area contributed by atoms with Crippen LogP contribution in [-0.2, 0) is 17.8 Å². The van der Waals surface area contributed by atoms with Crippen molar-refractivity contribution in [3.05, 3.63) is 77.6 Å². The Morgan fingerprint density at radius 1 is 1.00 bits per heavy atom. The third-order valence-corrected chi connectivity index (χ3v) is 4.87. The summed E-state index contributed by atoms with van der Waals surface area (Å²) in [5.41, 5.74) is 3.49. The SMILES string of the molecule is CC1Cc2cc(-c3cc(COC(=O)c4cc(-c5ccccc5)on4)no3)ccc2O1. The second-order valence-corrected chi connectivity index (χ2v) is 7.16. The first-order valence-corrected chi connectivity index (χ1v) is 9.60. The van der Waals surface area contributed by atoms with Crippen LogP contribution in [0.2, 0.25) is 0 Å². The lowest BCUT2D eigenvalue weighted by atomic mass is 10.1. The normalized spacial score (nSPS) is 14.9. The lowest BCUT2D eigenvalue weighted by Crippen LogP contribution is -2.05. The molecule has 1 aliphatic heterocycles. The number of hydrogen-bond donors (Lipinski definition) is 0.